The molecule has 0 fully saturated rings. The fourth-order valence-corrected chi connectivity index (χ4v) is 4.93. The number of rotatable bonds is 13. The SMILES string of the molecule is Cc1nn(-c2cccc3ccc(/N=N/c4cc(OCCO)c(/N=N/c5ccccc5)cc4OCCO)c(O)c23)c(O)c1/N=N/c1ccccc1. The maximum absolute atomic E-state index is 11.5. The number of aliphatic hydroxyl groups excluding tert-OH is 2. The zero-order chi connectivity index (χ0) is 34.9. The van der Waals surface area contributed by atoms with Crippen molar-refractivity contribution in [2.75, 3.05) is 26.4 Å². The quantitative estimate of drug-likeness (QED) is 0.0881. The Morgan fingerprint density at radius 1 is 0.620 bits per heavy atom. The van der Waals surface area contributed by atoms with Crippen LogP contribution >= 0.6 is 0 Å². The molecule has 1 aromatic heterocycles. The summed E-state index contributed by atoms with van der Waals surface area (Å²) in [6, 6.07) is 29.9. The van der Waals surface area contributed by atoms with E-state index in [9.17, 15) is 20.4 Å². The van der Waals surface area contributed by atoms with Crippen molar-refractivity contribution in [3.8, 4) is 28.8 Å². The first kappa shape index (κ1) is 33.4. The molecule has 252 valence electrons. The number of hydrogen-bond acceptors (Lipinski definition) is 13. The van der Waals surface area contributed by atoms with Gasteiger partial charge in [-0.25, -0.2) is 0 Å². The highest BCUT2D eigenvalue weighted by atomic mass is 16.5. The number of azo groups is 3. The van der Waals surface area contributed by atoms with Crippen LogP contribution in [0.25, 0.3) is 16.5 Å². The Balaban J connectivity index is 1.39. The van der Waals surface area contributed by atoms with Crippen LogP contribution in [-0.4, -0.2) is 56.6 Å². The van der Waals surface area contributed by atoms with E-state index in [2.05, 4.69) is 35.8 Å². The van der Waals surface area contributed by atoms with Gasteiger partial charge in [0, 0.05) is 12.1 Å². The van der Waals surface area contributed by atoms with Gasteiger partial charge in [0.05, 0.1) is 41.4 Å². The molecule has 0 aliphatic heterocycles. The maximum Gasteiger partial charge on any atom is 0.243 e. The van der Waals surface area contributed by atoms with Crippen LogP contribution in [0.2, 0.25) is 0 Å². The maximum atomic E-state index is 11.5. The molecule has 0 amide bonds. The Kier molecular flexibility index (Phi) is 10.4. The molecule has 0 radical (unpaired) electrons. The van der Waals surface area contributed by atoms with E-state index in [0.717, 1.165) is 0 Å². The molecular weight excluding hydrogens is 640 g/mol. The van der Waals surface area contributed by atoms with Crippen LogP contribution in [-0.2, 0) is 0 Å². The standard InChI is InChI=1S/C36H32N8O6/c1-23-34(42-38-26-12-6-3-7-13-26)36(48)44(43-23)30-14-8-9-24-15-16-27(35(47)33(24)30)39-41-29-22-31(49-19-17-45)28(21-32(29)50-20-18-46)40-37-25-10-4-2-5-11-25/h2-16,21-22,45-48H,17-20H2,1H3/b40-37+,41-39+,42-38+. The van der Waals surface area contributed by atoms with Gasteiger partial charge < -0.3 is 29.9 Å². The predicted molar refractivity (Wildman–Crippen MR) is 186 cm³/mol. The summed E-state index contributed by atoms with van der Waals surface area (Å²) >= 11 is 0. The summed E-state index contributed by atoms with van der Waals surface area (Å²) in [5.74, 6) is -0.00789. The zero-order valence-corrected chi connectivity index (χ0v) is 26.8. The highest BCUT2D eigenvalue weighted by Gasteiger charge is 2.20. The molecule has 0 aliphatic carbocycles. The number of phenols is 1. The lowest BCUT2D eigenvalue weighted by Gasteiger charge is -2.13. The van der Waals surface area contributed by atoms with Gasteiger partial charge in [0.1, 0.15) is 41.8 Å². The van der Waals surface area contributed by atoms with E-state index >= 15 is 0 Å². The van der Waals surface area contributed by atoms with Crippen molar-refractivity contribution in [1.82, 2.24) is 9.78 Å². The molecule has 14 heteroatoms. The second-order valence-electron chi connectivity index (χ2n) is 10.7. The minimum absolute atomic E-state index is 0.0232. The van der Waals surface area contributed by atoms with Gasteiger partial charge in [-0.1, -0.05) is 54.6 Å². The molecule has 14 nitrogen and oxygen atoms in total. The number of benzene rings is 5. The largest absolute Gasteiger partial charge is 0.505 e. The van der Waals surface area contributed by atoms with Crippen molar-refractivity contribution in [2.24, 2.45) is 30.7 Å². The Labute approximate surface area is 286 Å². The molecule has 50 heavy (non-hydrogen) atoms. The van der Waals surface area contributed by atoms with Gasteiger partial charge in [0.25, 0.3) is 0 Å². The van der Waals surface area contributed by atoms with Gasteiger partial charge in [-0.15, -0.1) is 20.5 Å². The Morgan fingerprint density at radius 3 is 1.78 bits per heavy atom. The predicted octanol–water partition coefficient (Wildman–Crippen LogP) is 8.73. The molecular formula is C36H32N8O6. The van der Waals surface area contributed by atoms with Crippen LogP contribution < -0.4 is 9.47 Å². The summed E-state index contributed by atoms with van der Waals surface area (Å²) in [6.07, 6.45) is 0. The van der Waals surface area contributed by atoms with E-state index in [-0.39, 0.29) is 66.6 Å². The topological polar surface area (TPSA) is 191 Å². The number of nitrogens with zero attached hydrogens (tertiary/aromatic N) is 8. The third-order valence-electron chi connectivity index (χ3n) is 7.26. The first-order chi connectivity index (χ1) is 24.5. The van der Waals surface area contributed by atoms with Crippen molar-refractivity contribution < 1.29 is 29.9 Å². The summed E-state index contributed by atoms with van der Waals surface area (Å²) in [4.78, 5) is 0. The van der Waals surface area contributed by atoms with Gasteiger partial charge in [0.2, 0.25) is 5.88 Å². The van der Waals surface area contributed by atoms with Crippen LogP contribution in [0.5, 0.6) is 23.1 Å². The molecule has 1 heterocycles. The average molecular weight is 673 g/mol. The van der Waals surface area contributed by atoms with E-state index in [0.29, 0.717) is 39.2 Å². The zero-order valence-electron chi connectivity index (χ0n) is 26.8. The molecule has 0 atom stereocenters. The minimum atomic E-state index is -0.260. The molecule has 4 N–H and O–H groups in total. The van der Waals surface area contributed by atoms with Crippen molar-refractivity contribution in [2.45, 2.75) is 6.92 Å². The summed E-state index contributed by atoms with van der Waals surface area (Å²) < 4.78 is 12.8. The lowest BCUT2D eigenvalue weighted by atomic mass is 10.1. The number of aryl methyl sites for hydroxylation is 1. The molecule has 0 aliphatic rings. The smallest absolute Gasteiger partial charge is 0.243 e. The Bertz CT molecular complexity index is 2190. The summed E-state index contributed by atoms with van der Waals surface area (Å²) in [6.45, 7) is 1.13. The molecule has 5 aromatic carbocycles. The van der Waals surface area contributed by atoms with Crippen LogP contribution in [0.15, 0.2) is 134 Å². The van der Waals surface area contributed by atoms with E-state index < -0.39 is 0 Å². The summed E-state index contributed by atoms with van der Waals surface area (Å²) in [7, 11) is 0. The van der Waals surface area contributed by atoms with Crippen LogP contribution in [0.4, 0.5) is 34.1 Å². The van der Waals surface area contributed by atoms with Gasteiger partial charge in [-0.05, 0) is 48.7 Å². The van der Waals surface area contributed by atoms with Crippen LogP contribution in [0.3, 0.4) is 0 Å². The second kappa shape index (κ2) is 15.6. The monoisotopic (exact) mass is 672 g/mol. The molecule has 0 saturated heterocycles. The van der Waals surface area contributed by atoms with E-state index in [1.807, 2.05) is 36.4 Å². The number of phenolic OH excluding ortho intramolecular Hbond substituents is 1. The van der Waals surface area contributed by atoms with E-state index in [1.165, 1.54) is 16.8 Å². The average Bonchev–Trinajstić information content (AvgIpc) is 3.43. The number of aromatic hydroxyl groups is 2. The molecule has 0 bridgehead atoms. The minimum Gasteiger partial charge on any atom is -0.505 e. The Hall–Kier alpha value is -6.51. The normalized spacial score (nSPS) is 11.7. The number of hydrogen-bond donors (Lipinski definition) is 4. The van der Waals surface area contributed by atoms with Gasteiger partial charge in [-0.2, -0.15) is 20.0 Å². The molecule has 0 saturated carbocycles. The molecule has 6 aromatic rings. The number of aromatic nitrogens is 2. The Morgan fingerprint density at radius 2 is 1.18 bits per heavy atom. The van der Waals surface area contributed by atoms with Crippen LogP contribution in [0, 0.1) is 6.92 Å². The number of ether oxygens (including phenoxy) is 2. The van der Waals surface area contributed by atoms with Crippen molar-refractivity contribution >= 4 is 44.9 Å². The summed E-state index contributed by atoms with van der Waals surface area (Å²) in [5.41, 5.74) is 2.81. The van der Waals surface area contributed by atoms with Gasteiger partial charge in [0.15, 0.2) is 11.4 Å². The second-order valence-corrected chi connectivity index (χ2v) is 10.7. The highest BCUT2D eigenvalue weighted by Crippen LogP contribution is 2.44. The van der Waals surface area contributed by atoms with Crippen molar-refractivity contribution in [1.29, 1.82) is 0 Å². The summed E-state index contributed by atoms with van der Waals surface area (Å²) in [5, 5.41) is 72.8. The van der Waals surface area contributed by atoms with Gasteiger partial charge >= 0.3 is 0 Å². The fourth-order valence-electron chi connectivity index (χ4n) is 4.93. The lowest BCUT2D eigenvalue weighted by Crippen LogP contribution is -2.04. The van der Waals surface area contributed by atoms with Crippen molar-refractivity contribution in [3.05, 3.63) is 109 Å². The fraction of sp³-hybridized carbons (Fsp3) is 0.139. The third-order valence-corrected chi connectivity index (χ3v) is 7.26. The molecule has 0 spiro atoms. The molecule has 6 rings (SSSR count). The highest BCUT2D eigenvalue weighted by molar-refractivity contribution is 5.98. The van der Waals surface area contributed by atoms with Gasteiger partial charge in [-0.3, -0.25) is 0 Å². The van der Waals surface area contributed by atoms with E-state index in [4.69, 9.17) is 9.47 Å². The van der Waals surface area contributed by atoms with E-state index in [1.54, 1.807) is 61.5 Å². The lowest BCUT2D eigenvalue weighted by molar-refractivity contribution is 0.198. The van der Waals surface area contributed by atoms with Crippen LogP contribution in [0.1, 0.15) is 5.69 Å². The van der Waals surface area contributed by atoms with Crippen molar-refractivity contribution in [3.63, 3.8) is 0 Å². The third kappa shape index (κ3) is 7.46. The number of fused-ring (bicyclic) bond motifs is 1. The number of aliphatic hydroxyl groups is 2. The first-order valence-corrected chi connectivity index (χ1v) is 15.5. The first-order valence-electron chi connectivity index (χ1n) is 15.5. The molecule has 0 unspecified atom stereocenters.